The number of benzene rings is 2. The molecule has 1 aliphatic heterocycles. The van der Waals surface area contributed by atoms with Crippen LogP contribution < -0.4 is 4.90 Å². The Balaban J connectivity index is 2.14. The first kappa shape index (κ1) is 10.8. The largest absolute Gasteiger partial charge is 0.317 e. The van der Waals surface area contributed by atoms with E-state index in [1.807, 2.05) is 0 Å². The second-order valence-corrected chi connectivity index (χ2v) is 4.47. The summed E-state index contributed by atoms with van der Waals surface area (Å²) in [6.07, 6.45) is 8.40. The highest BCUT2D eigenvalue weighted by Gasteiger charge is 2.10. The third kappa shape index (κ3) is 1.95. The zero-order valence-corrected chi connectivity index (χ0v) is 10.4. The molecule has 3 rings (SSSR count). The summed E-state index contributed by atoms with van der Waals surface area (Å²) >= 11 is 0. The minimum Gasteiger partial charge on any atom is -0.317 e. The molecule has 0 spiro atoms. The van der Waals surface area contributed by atoms with E-state index in [1.54, 1.807) is 0 Å². The molecular weight excluding hydrogens is 218 g/mol. The first-order chi connectivity index (χ1) is 8.84. The number of para-hydroxylation sites is 1. The molecule has 0 aromatic heterocycles. The van der Waals surface area contributed by atoms with E-state index in [0.717, 1.165) is 0 Å². The topological polar surface area (TPSA) is 3.24 Å². The first-order valence-corrected chi connectivity index (χ1v) is 6.14. The number of hydrogen-bond acceptors (Lipinski definition) is 1. The lowest BCUT2D eigenvalue weighted by Crippen LogP contribution is -2.09. The smallest absolute Gasteiger partial charge is 0.0527 e. The van der Waals surface area contributed by atoms with Gasteiger partial charge in [0.05, 0.1) is 5.69 Å². The Morgan fingerprint density at radius 1 is 0.889 bits per heavy atom. The van der Waals surface area contributed by atoms with E-state index < -0.39 is 0 Å². The maximum atomic E-state index is 2.22. The lowest BCUT2D eigenvalue weighted by Gasteiger charge is -2.22. The van der Waals surface area contributed by atoms with Gasteiger partial charge in [-0.3, -0.25) is 0 Å². The Morgan fingerprint density at radius 2 is 1.78 bits per heavy atom. The zero-order chi connectivity index (χ0) is 12.4. The number of nitrogens with zero attached hydrogens (tertiary/aromatic N) is 1. The van der Waals surface area contributed by atoms with Crippen molar-refractivity contribution in [2.24, 2.45) is 0 Å². The SMILES string of the molecule is Cc1cccc(N2C=CC=Cc3ccccc32)c1. The monoisotopic (exact) mass is 233 g/mol. The van der Waals surface area contributed by atoms with E-state index in [4.69, 9.17) is 0 Å². The van der Waals surface area contributed by atoms with Gasteiger partial charge in [0.2, 0.25) is 0 Å². The van der Waals surface area contributed by atoms with Crippen molar-refractivity contribution < 1.29 is 0 Å². The fourth-order valence-corrected chi connectivity index (χ4v) is 2.23. The quantitative estimate of drug-likeness (QED) is 0.691. The average Bonchev–Trinajstić information content (AvgIpc) is 2.61. The van der Waals surface area contributed by atoms with Crippen molar-refractivity contribution in [3.05, 3.63) is 78.0 Å². The lowest BCUT2D eigenvalue weighted by atomic mass is 10.1. The van der Waals surface area contributed by atoms with Crippen LogP contribution in [0.25, 0.3) is 6.08 Å². The van der Waals surface area contributed by atoms with E-state index in [9.17, 15) is 0 Å². The summed E-state index contributed by atoms with van der Waals surface area (Å²) in [5.74, 6) is 0. The number of fused-ring (bicyclic) bond motifs is 1. The van der Waals surface area contributed by atoms with Crippen molar-refractivity contribution in [2.75, 3.05) is 4.90 Å². The van der Waals surface area contributed by atoms with Gasteiger partial charge in [-0.2, -0.15) is 0 Å². The first-order valence-electron chi connectivity index (χ1n) is 6.14. The van der Waals surface area contributed by atoms with Crippen LogP contribution >= 0.6 is 0 Å². The van der Waals surface area contributed by atoms with Gasteiger partial charge in [-0.25, -0.2) is 0 Å². The summed E-state index contributed by atoms with van der Waals surface area (Å²) in [7, 11) is 0. The van der Waals surface area contributed by atoms with Crippen molar-refractivity contribution in [3.8, 4) is 0 Å². The van der Waals surface area contributed by atoms with E-state index >= 15 is 0 Å². The number of rotatable bonds is 1. The van der Waals surface area contributed by atoms with Crippen molar-refractivity contribution >= 4 is 17.5 Å². The van der Waals surface area contributed by atoms with Crippen LogP contribution in [-0.2, 0) is 0 Å². The van der Waals surface area contributed by atoms with E-state index in [-0.39, 0.29) is 0 Å². The maximum absolute atomic E-state index is 2.22. The van der Waals surface area contributed by atoms with Gasteiger partial charge in [0.25, 0.3) is 0 Å². The Hall–Kier alpha value is -2.28. The fourth-order valence-electron chi connectivity index (χ4n) is 2.23. The summed E-state index contributed by atoms with van der Waals surface area (Å²) in [4.78, 5) is 2.22. The molecule has 0 unspecified atom stereocenters. The van der Waals surface area contributed by atoms with Crippen molar-refractivity contribution in [3.63, 3.8) is 0 Å². The van der Waals surface area contributed by atoms with Crippen molar-refractivity contribution in [2.45, 2.75) is 6.92 Å². The lowest BCUT2D eigenvalue weighted by molar-refractivity contribution is 1.27. The molecule has 0 saturated carbocycles. The molecule has 0 aliphatic carbocycles. The number of aryl methyl sites for hydroxylation is 1. The third-order valence-corrected chi connectivity index (χ3v) is 3.10. The van der Waals surface area contributed by atoms with Gasteiger partial charge >= 0.3 is 0 Å². The molecule has 0 saturated heterocycles. The van der Waals surface area contributed by atoms with Crippen LogP contribution in [0.1, 0.15) is 11.1 Å². The van der Waals surface area contributed by atoms with Crippen molar-refractivity contribution in [1.82, 2.24) is 0 Å². The molecule has 88 valence electrons. The summed E-state index contributed by atoms with van der Waals surface area (Å²) in [6.45, 7) is 2.12. The van der Waals surface area contributed by atoms with Gasteiger partial charge in [-0.05, 0) is 42.3 Å². The Bertz CT molecular complexity index is 623. The van der Waals surface area contributed by atoms with Crippen LogP contribution in [0, 0.1) is 6.92 Å². The molecule has 0 atom stereocenters. The molecule has 0 amide bonds. The standard InChI is InChI=1S/C17H15N/c1-14-7-6-10-16(13-14)18-12-5-4-9-15-8-2-3-11-17(15)18/h2-13H,1H3. The third-order valence-electron chi connectivity index (χ3n) is 3.10. The minimum atomic E-state index is 1.20. The van der Waals surface area contributed by atoms with E-state index in [0.29, 0.717) is 0 Å². The van der Waals surface area contributed by atoms with Gasteiger partial charge in [0.15, 0.2) is 0 Å². The summed E-state index contributed by atoms with van der Waals surface area (Å²) in [5, 5.41) is 0. The highest BCUT2D eigenvalue weighted by molar-refractivity contribution is 5.77. The Labute approximate surface area is 108 Å². The molecule has 0 N–H and O–H groups in total. The van der Waals surface area contributed by atoms with E-state index in [2.05, 4.69) is 84.8 Å². The van der Waals surface area contributed by atoms with Crippen LogP contribution in [0.4, 0.5) is 11.4 Å². The van der Waals surface area contributed by atoms with Gasteiger partial charge < -0.3 is 4.90 Å². The van der Waals surface area contributed by atoms with Crippen LogP contribution in [0.5, 0.6) is 0 Å². The number of anilines is 2. The van der Waals surface area contributed by atoms with Gasteiger partial charge in [0.1, 0.15) is 0 Å². The van der Waals surface area contributed by atoms with Gasteiger partial charge in [-0.15, -0.1) is 0 Å². The molecule has 2 aromatic rings. The molecule has 1 aliphatic rings. The molecule has 0 bridgehead atoms. The zero-order valence-electron chi connectivity index (χ0n) is 10.4. The second-order valence-electron chi connectivity index (χ2n) is 4.47. The Morgan fingerprint density at radius 3 is 2.67 bits per heavy atom. The maximum Gasteiger partial charge on any atom is 0.0527 e. The van der Waals surface area contributed by atoms with Crippen LogP contribution in [-0.4, -0.2) is 0 Å². The molecule has 1 heterocycles. The van der Waals surface area contributed by atoms with Crippen LogP contribution in [0.3, 0.4) is 0 Å². The summed E-state index contributed by atoms with van der Waals surface area (Å²) < 4.78 is 0. The molecule has 2 aromatic carbocycles. The average molecular weight is 233 g/mol. The predicted octanol–water partition coefficient (Wildman–Crippen LogP) is 4.67. The highest BCUT2D eigenvalue weighted by atomic mass is 15.1. The Kier molecular flexibility index (Phi) is 2.73. The molecule has 18 heavy (non-hydrogen) atoms. The highest BCUT2D eigenvalue weighted by Crippen LogP contribution is 2.31. The fraction of sp³-hybridized carbons (Fsp3) is 0.0588. The van der Waals surface area contributed by atoms with Gasteiger partial charge in [-0.1, -0.05) is 42.5 Å². The second kappa shape index (κ2) is 4.53. The molecular formula is C17H15N. The predicted molar refractivity (Wildman–Crippen MR) is 77.9 cm³/mol. The number of allylic oxidation sites excluding steroid dienone is 2. The normalized spacial score (nSPS) is 13.3. The van der Waals surface area contributed by atoms with Crippen molar-refractivity contribution in [1.29, 1.82) is 0 Å². The molecule has 1 nitrogen and oxygen atoms in total. The molecule has 0 fully saturated rings. The minimum absolute atomic E-state index is 1.20. The summed E-state index contributed by atoms with van der Waals surface area (Å²) in [6, 6.07) is 17.0. The summed E-state index contributed by atoms with van der Waals surface area (Å²) in [5.41, 5.74) is 4.93. The molecule has 1 heteroatoms. The van der Waals surface area contributed by atoms with E-state index in [1.165, 1.54) is 22.5 Å². The van der Waals surface area contributed by atoms with Gasteiger partial charge in [0, 0.05) is 11.9 Å². The number of hydrogen-bond donors (Lipinski definition) is 0. The van der Waals surface area contributed by atoms with Crippen LogP contribution in [0.15, 0.2) is 66.9 Å². The molecule has 0 radical (unpaired) electrons. The van der Waals surface area contributed by atoms with Crippen LogP contribution in [0.2, 0.25) is 0 Å².